The number of carbonyl (C=O) groups is 1. The summed E-state index contributed by atoms with van der Waals surface area (Å²) in [5.74, 6) is -0.714. The van der Waals surface area contributed by atoms with Gasteiger partial charge in [-0.3, -0.25) is 9.36 Å². The fourth-order valence-electron chi connectivity index (χ4n) is 2.24. The Morgan fingerprint density at radius 3 is 2.70 bits per heavy atom. The number of anilines is 1. The number of aryl methyl sites for hydroxylation is 1. The van der Waals surface area contributed by atoms with Crippen LogP contribution in [0.25, 0.3) is 11.1 Å². The first kappa shape index (κ1) is 15.6. The molecule has 0 aliphatic carbocycles. The highest BCUT2D eigenvalue weighted by atomic mass is 35.5. The summed E-state index contributed by atoms with van der Waals surface area (Å²) in [6, 6.07) is 11.9. The van der Waals surface area contributed by atoms with Gasteiger partial charge in [-0.05, 0) is 30.3 Å². The van der Waals surface area contributed by atoms with Crippen molar-refractivity contribution in [2.24, 2.45) is 0 Å². The second kappa shape index (κ2) is 6.48. The normalized spacial score (nSPS) is 10.9. The molecule has 0 saturated heterocycles. The van der Waals surface area contributed by atoms with Crippen LogP contribution >= 0.6 is 23.2 Å². The molecule has 23 heavy (non-hydrogen) atoms. The zero-order valence-corrected chi connectivity index (χ0v) is 13.4. The van der Waals surface area contributed by atoms with E-state index in [1.54, 1.807) is 36.4 Å². The van der Waals surface area contributed by atoms with E-state index in [2.05, 4.69) is 5.32 Å². The number of carbonyl (C=O) groups excluding carboxylic acids is 1. The maximum atomic E-state index is 12.0. The van der Waals surface area contributed by atoms with Crippen molar-refractivity contribution < 1.29 is 9.21 Å². The third-order valence-corrected chi connectivity index (χ3v) is 4.08. The maximum Gasteiger partial charge on any atom is 0.419 e. The van der Waals surface area contributed by atoms with Crippen LogP contribution in [-0.2, 0) is 11.3 Å². The minimum absolute atomic E-state index is 0.129. The summed E-state index contributed by atoms with van der Waals surface area (Å²) in [5, 5.41) is 3.49. The Balaban J connectivity index is 1.70. The number of hydrogen-bond donors (Lipinski definition) is 1. The highest BCUT2D eigenvalue weighted by molar-refractivity contribution is 6.42. The van der Waals surface area contributed by atoms with Crippen molar-refractivity contribution >= 4 is 45.9 Å². The van der Waals surface area contributed by atoms with Crippen LogP contribution in [0.1, 0.15) is 6.42 Å². The first-order valence-corrected chi connectivity index (χ1v) is 7.63. The van der Waals surface area contributed by atoms with Crippen LogP contribution in [0.15, 0.2) is 51.7 Å². The van der Waals surface area contributed by atoms with Gasteiger partial charge in [0, 0.05) is 18.7 Å². The molecule has 0 atom stereocenters. The molecule has 1 heterocycles. The first-order chi connectivity index (χ1) is 11.0. The summed E-state index contributed by atoms with van der Waals surface area (Å²) >= 11 is 11.7. The molecule has 7 heteroatoms. The summed E-state index contributed by atoms with van der Waals surface area (Å²) in [6.07, 6.45) is 0.129. The van der Waals surface area contributed by atoms with Gasteiger partial charge in [-0.1, -0.05) is 35.3 Å². The van der Waals surface area contributed by atoms with E-state index in [-0.39, 0.29) is 18.9 Å². The van der Waals surface area contributed by atoms with Crippen molar-refractivity contribution in [3.63, 3.8) is 0 Å². The monoisotopic (exact) mass is 350 g/mol. The largest absolute Gasteiger partial charge is 0.419 e. The fraction of sp³-hybridized carbons (Fsp3) is 0.125. The molecule has 1 aromatic heterocycles. The molecule has 0 spiro atoms. The minimum Gasteiger partial charge on any atom is -0.408 e. The predicted molar refractivity (Wildman–Crippen MR) is 90.2 cm³/mol. The van der Waals surface area contributed by atoms with E-state index >= 15 is 0 Å². The number of para-hydroxylation sites is 2. The van der Waals surface area contributed by atoms with Gasteiger partial charge < -0.3 is 9.73 Å². The van der Waals surface area contributed by atoms with Crippen LogP contribution in [0.4, 0.5) is 5.69 Å². The molecule has 0 radical (unpaired) electrons. The van der Waals surface area contributed by atoms with E-state index < -0.39 is 5.76 Å². The standard InChI is InChI=1S/C16H12Cl2N2O3/c17-11-6-5-10(9-12(11)18)19-15(21)7-8-20-13-3-1-2-4-14(13)23-16(20)22/h1-6,9H,7-8H2,(H,19,21). The molecule has 0 saturated carbocycles. The number of nitrogens with one attached hydrogen (secondary N) is 1. The Bertz CT molecular complexity index is 930. The quantitative estimate of drug-likeness (QED) is 0.775. The number of rotatable bonds is 4. The summed E-state index contributed by atoms with van der Waals surface area (Å²) in [5.41, 5.74) is 1.72. The molecule has 0 aliphatic rings. The fourth-order valence-corrected chi connectivity index (χ4v) is 2.53. The number of oxazole rings is 1. The number of amides is 1. The van der Waals surface area contributed by atoms with Gasteiger partial charge in [-0.15, -0.1) is 0 Å². The molecule has 3 rings (SSSR count). The number of halogens is 2. The maximum absolute atomic E-state index is 12.0. The van der Waals surface area contributed by atoms with Gasteiger partial charge in [0.15, 0.2) is 5.58 Å². The Morgan fingerprint density at radius 2 is 1.91 bits per heavy atom. The highest BCUT2D eigenvalue weighted by Gasteiger charge is 2.11. The van der Waals surface area contributed by atoms with Crippen molar-refractivity contribution in [2.45, 2.75) is 13.0 Å². The van der Waals surface area contributed by atoms with Crippen LogP contribution in [-0.4, -0.2) is 10.5 Å². The second-order valence-corrected chi connectivity index (χ2v) is 5.73. The number of hydrogen-bond acceptors (Lipinski definition) is 3. The Hall–Kier alpha value is -2.24. The zero-order chi connectivity index (χ0) is 16.4. The molecule has 118 valence electrons. The average Bonchev–Trinajstić information content (AvgIpc) is 2.84. The van der Waals surface area contributed by atoms with Gasteiger partial charge in [0.05, 0.1) is 15.6 Å². The van der Waals surface area contributed by atoms with Crippen LogP contribution in [0.2, 0.25) is 10.0 Å². The van der Waals surface area contributed by atoms with E-state index in [1.807, 2.05) is 6.07 Å². The Morgan fingerprint density at radius 1 is 1.13 bits per heavy atom. The van der Waals surface area contributed by atoms with Crippen LogP contribution in [0.5, 0.6) is 0 Å². The number of fused-ring (bicyclic) bond motifs is 1. The van der Waals surface area contributed by atoms with Crippen molar-refractivity contribution in [3.05, 3.63) is 63.1 Å². The van der Waals surface area contributed by atoms with Crippen LogP contribution in [0.3, 0.4) is 0 Å². The van der Waals surface area contributed by atoms with Crippen molar-refractivity contribution in [3.8, 4) is 0 Å². The molecular formula is C16H12Cl2N2O3. The summed E-state index contributed by atoms with van der Waals surface area (Å²) in [6.45, 7) is 0.225. The smallest absolute Gasteiger partial charge is 0.408 e. The molecule has 3 aromatic rings. The minimum atomic E-state index is -0.478. The molecule has 1 amide bonds. The third-order valence-electron chi connectivity index (χ3n) is 3.34. The topological polar surface area (TPSA) is 64.2 Å². The van der Waals surface area contributed by atoms with E-state index in [9.17, 15) is 9.59 Å². The van der Waals surface area contributed by atoms with E-state index in [0.29, 0.717) is 26.8 Å². The van der Waals surface area contributed by atoms with E-state index in [4.69, 9.17) is 27.6 Å². The Kier molecular flexibility index (Phi) is 4.41. The number of aromatic nitrogens is 1. The van der Waals surface area contributed by atoms with Crippen LogP contribution < -0.4 is 11.1 Å². The molecule has 2 aromatic carbocycles. The second-order valence-electron chi connectivity index (χ2n) is 4.91. The van der Waals surface area contributed by atoms with E-state index in [0.717, 1.165) is 0 Å². The molecule has 0 bridgehead atoms. The lowest BCUT2D eigenvalue weighted by Gasteiger charge is -2.06. The Labute approximate surface area is 141 Å². The molecule has 5 nitrogen and oxygen atoms in total. The molecular weight excluding hydrogens is 339 g/mol. The SMILES string of the molecule is O=C(CCn1c(=O)oc2ccccc21)Nc1ccc(Cl)c(Cl)c1. The number of nitrogens with zero attached hydrogens (tertiary/aromatic N) is 1. The lowest BCUT2D eigenvalue weighted by atomic mass is 10.3. The van der Waals surface area contributed by atoms with Gasteiger partial charge in [0.1, 0.15) is 0 Å². The molecule has 0 fully saturated rings. The van der Waals surface area contributed by atoms with Gasteiger partial charge in [-0.2, -0.15) is 0 Å². The zero-order valence-electron chi connectivity index (χ0n) is 11.9. The molecule has 0 unspecified atom stereocenters. The van der Waals surface area contributed by atoms with Crippen molar-refractivity contribution in [1.82, 2.24) is 4.57 Å². The van der Waals surface area contributed by atoms with Crippen molar-refractivity contribution in [2.75, 3.05) is 5.32 Å². The predicted octanol–water partition coefficient (Wildman–Crippen LogP) is 3.93. The summed E-state index contributed by atoms with van der Waals surface area (Å²) in [4.78, 5) is 23.8. The average molecular weight is 351 g/mol. The van der Waals surface area contributed by atoms with Gasteiger partial charge in [0.2, 0.25) is 5.91 Å². The highest BCUT2D eigenvalue weighted by Crippen LogP contribution is 2.25. The summed E-state index contributed by atoms with van der Waals surface area (Å²) in [7, 11) is 0. The molecule has 0 aliphatic heterocycles. The number of benzene rings is 2. The van der Waals surface area contributed by atoms with Gasteiger partial charge in [-0.25, -0.2) is 4.79 Å². The van der Waals surface area contributed by atoms with Gasteiger partial charge >= 0.3 is 5.76 Å². The lowest BCUT2D eigenvalue weighted by molar-refractivity contribution is -0.116. The summed E-state index contributed by atoms with van der Waals surface area (Å²) < 4.78 is 6.56. The van der Waals surface area contributed by atoms with Gasteiger partial charge in [0.25, 0.3) is 0 Å². The lowest BCUT2D eigenvalue weighted by Crippen LogP contribution is -2.19. The molecule has 1 N–H and O–H groups in total. The van der Waals surface area contributed by atoms with Crippen molar-refractivity contribution in [1.29, 1.82) is 0 Å². The van der Waals surface area contributed by atoms with Crippen LogP contribution in [0, 0.1) is 0 Å². The first-order valence-electron chi connectivity index (χ1n) is 6.88. The van der Waals surface area contributed by atoms with E-state index in [1.165, 1.54) is 4.57 Å². The third kappa shape index (κ3) is 3.41.